The lowest BCUT2D eigenvalue weighted by Crippen LogP contribution is -2.39. The van der Waals surface area contributed by atoms with Crippen LogP contribution in [0.25, 0.3) is 0 Å². The molecule has 1 aromatic heterocycles. The zero-order valence-electron chi connectivity index (χ0n) is 14.3. The lowest BCUT2D eigenvalue weighted by molar-refractivity contribution is -0.128. The normalized spacial score (nSPS) is 17.2. The average Bonchev–Trinajstić information content (AvgIpc) is 3.03. The van der Waals surface area contributed by atoms with E-state index >= 15 is 0 Å². The van der Waals surface area contributed by atoms with Gasteiger partial charge in [0.15, 0.2) is 0 Å². The monoisotopic (exact) mass is 360 g/mol. The van der Waals surface area contributed by atoms with E-state index in [9.17, 15) is 9.59 Å². The molecule has 1 atom stereocenters. The number of benzene rings is 1. The lowest BCUT2D eigenvalue weighted by Gasteiger charge is -2.18. The van der Waals surface area contributed by atoms with Crippen LogP contribution < -0.4 is 5.32 Å². The van der Waals surface area contributed by atoms with Gasteiger partial charge in [-0.05, 0) is 31.5 Å². The summed E-state index contributed by atoms with van der Waals surface area (Å²) in [6.07, 6.45) is 0.313. The summed E-state index contributed by atoms with van der Waals surface area (Å²) in [6, 6.07) is 9.22. The molecule has 0 saturated carbocycles. The van der Waals surface area contributed by atoms with Crippen LogP contribution in [0.1, 0.15) is 23.4 Å². The highest BCUT2D eigenvalue weighted by atomic mass is 35.5. The number of rotatable bonds is 5. The maximum Gasteiger partial charge on any atom is 0.242 e. The summed E-state index contributed by atoms with van der Waals surface area (Å²) in [6.45, 7) is 4.92. The van der Waals surface area contributed by atoms with Crippen LogP contribution in [-0.4, -0.2) is 39.1 Å². The number of aromatic nitrogens is 2. The van der Waals surface area contributed by atoms with Crippen LogP contribution in [0.4, 0.5) is 0 Å². The molecule has 1 fully saturated rings. The summed E-state index contributed by atoms with van der Waals surface area (Å²) in [5.74, 6) is -0.111. The third-order valence-corrected chi connectivity index (χ3v) is 4.66. The maximum atomic E-state index is 12.2. The standard InChI is InChI=1S/C18H21ClN4O2/c1-12-7-13(2)23(21-12)11-17(24)20-15-8-18(25)22(10-15)9-14-5-3-4-6-16(14)19/h3-7,15H,8-11H2,1-2H3,(H,20,24)/t15-/m0/s1. The predicted molar refractivity (Wildman–Crippen MR) is 95.1 cm³/mol. The number of amides is 2. The van der Waals surface area contributed by atoms with Gasteiger partial charge >= 0.3 is 0 Å². The molecule has 25 heavy (non-hydrogen) atoms. The van der Waals surface area contributed by atoms with Crippen molar-refractivity contribution in [1.29, 1.82) is 0 Å². The second kappa shape index (κ2) is 7.27. The van der Waals surface area contributed by atoms with Crippen LogP contribution >= 0.6 is 11.6 Å². The van der Waals surface area contributed by atoms with Crippen molar-refractivity contribution < 1.29 is 9.59 Å². The fourth-order valence-corrected chi connectivity index (χ4v) is 3.29. The molecule has 3 rings (SSSR count). The predicted octanol–water partition coefficient (Wildman–Crippen LogP) is 2.07. The topological polar surface area (TPSA) is 67.2 Å². The molecule has 1 saturated heterocycles. The Morgan fingerprint density at radius 1 is 1.36 bits per heavy atom. The molecule has 7 heteroatoms. The number of carbonyl (C=O) groups excluding carboxylic acids is 2. The van der Waals surface area contributed by atoms with Gasteiger partial charge in [-0.2, -0.15) is 5.10 Å². The zero-order valence-corrected chi connectivity index (χ0v) is 15.1. The molecule has 132 valence electrons. The Hall–Kier alpha value is -2.34. The number of carbonyl (C=O) groups is 2. The first-order valence-electron chi connectivity index (χ1n) is 8.24. The van der Waals surface area contributed by atoms with Crippen molar-refractivity contribution in [3.8, 4) is 0 Å². The summed E-state index contributed by atoms with van der Waals surface area (Å²) in [7, 11) is 0. The summed E-state index contributed by atoms with van der Waals surface area (Å²) >= 11 is 6.16. The van der Waals surface area contributed by atoms with Crippen molar-refractivity contribution in [1.82, 2.24) is 20.0 Å². The van der Waals surface area contributed by atoms with Crippen LogP contribution in [0.3, 0.4) is 0 Å². The van der Waals surface area contributed by atoms with Crippen LogP contribution in [-0.2, 0) is 22.7 Å². The minimum Gasteiger partial charge on any atom is -0.349 e. The number of aryl methyl sites for hydroxylation is 2. The van der Waals surface area contributed by atoms with Gasteiger partial charge in [-0.25, -0.2) is 0 Å². The average molecular weight is 361 g/mol. The number of nitrogens with zero attached hydrogens (tertiary/aromatic N) is 3. The molecule has 0 spiro atoms. The fourth-order valence-electron chi connectivity index (χ4n) is 3.10. The molecule has 1 aliphatic rings. The smallest absolute Gasteiger partial charge is 0.242 e. The molecule has 0 bridgehead atoms. The van der Waals surface area contributed by atoms with Crippen molar-refractivity contribution in [2.45, 2.75) is 39.4 Å². The van der Waals surface area contributed by atoms with Crippen molar-refractivity contribution in [3.05, 3.63) is 52.3 Å². The van der Waals surface area contributed by atoms with E-state index in [0.717, 1.165) is 17.0 Å². The highest BCUT2D eigenvalue weighted by molar-refractivity contribution is 6.31. The summed E-state index contributed by atoms with van der Waals surface area (Å²) in [5, 5.41) is 7.86. The molecular formula is C18H21ClN4O2. The molecule has 2 aromatic rings. The molecule has 1 aliphatic heterocycles. The van der Waals surface area contributed by atoms with Crippen LogP contribution in [0.15, 0.2) is 30.3 Å². The fraction of sp³-hybridized carbons (Fsp3) is 0.389. The van der Waals surface area contributed by atoms with E-state index in [0.29, 0.717) is 24.5 Å². The first kappa shape index (κ1) is 17.5. The third kappa shape index (κ3) is 4.20. The first-order valence-corrected chi connectivity index (χ1v) is 8.62. The number of halogens is 1. The number of hydrogen-bond donors (Lipinski definition) is 1. The molecule has 0 unspecified atom stereocenters. The number of likely N-dealkylation sites (tertiary alicyclic amines) is 1. The van der Waals surface area contributed by atoms with E-state index in [1.807, 2.05) is 44.2 Å². The summed E-state index contributed by atoms with van der Waals surface area (Å²) in [4.78, 5) is 26.2. The van der Waals surface area contributed by atoms with Gasteiger partial charge in [-0.3, -0.25) is 14.3 Å². The molecule has 0 radical (unpaired) electrons. The summed E-state index contributed by atoms with van der Waals surface area (Å²) in [5.41, 5.74) is 2.73. The van der Waals surface area contributed by atoms with Gasteiger partial charge in [-0.1, -0.05) is 29.8 Å². The van der Waals surface area contributed by atoms with E-state index < -0.39 is 0 Å². The van der Waals surface area contributed by atoms with Gasteiger partial charge in [0.1, 0.15) is 6.54 Å². The van der Waals surface area contributed by atoms with E-state index in [1.165, 1.54) is 0 Å². The van der Waals surface area contributed by atoms with Gasteiger partial charge < -0.3 is 10.2 Å². The van der Waals surface area contributed by atoms with Gasteiger partial charge in [0.25, 0.3) is 0 Å². The Balaban J connectivity index is 1.56. The van der Waals surface area contributed by atoms with Gasteiger partial charge in [0.2, 0.25) is 11.8 Å². The Morgan fingerprint density at radius 3 is 2.80 bits per heavy atom. The van der Waals surface area contributed by atoms with Crippen molar-refractivity contribution in [2.24, 2.45) is 0 Å². The van der Waals surface area contributed by atoms with Gasteiger partial charge in [0.05, 0.1) is 11.7 Å². The van der Waals surface area contributed by atoms with E-state index in [1.54, 1.807) is 9.58 Å². The maximum absolute atomic E-state index is 12.2. The lowest BCUT2D eigenvalue weighted by atomic mass is 10.2. The molecule has 2 amide bonds. The molecular weight excluding hydrogens is 340 g/mol. The minimum atomic E-state index is -0.181. The third-order valence-electron chi connectivity index (χ3n) is 4.30. The first-order chi connectivity index (χ1) is 11.9. The zero-order chi connectivity index (χ0) is 18.0. The number of nitrogens with one attached hydrogen (secondary N) is 1. The van der Waals surface area contributed by atoms with E-state index in [4.69, 9.17) is 11.6 Å². The van der Waals surface area contributed by atoms with Crippen molar-refractivity contribution >= 4 is 23.4 Å². The van der Waals surface area contributed by atoms with E-state index in [-0.39, 0.29) is 24.4 Å². The SMILES string of the molecule is Cc1cc(C)n(CC(=O)N[C@H]2CC(=O)N(Cc3ccccc3Cl)C2)n1. The van der Waals surface area contributed by atoms with E-state index in [2.05, 4.69) is 10.4 Å². The van der Waals surface area contributed by atoms with Crippen LogP contribution in [0.2, 0.25) is 5.02 Å². The van der Waals surface area contributed by atoms with Crippen LogP contribution in [0.5, 0.6) is 0 Å². The Bertz CT molecular complexity index is 802. The molecule has 0 aliphatic carbocycles. The van der Waals surface area contributed by atoms with Crippen molar-refractivity contribution in [3.63, 3.8) is 0 Å². The highest BCUT2D eigenvalue weighted by Gasteiger charge is 2.30. The molecule has 1 N–H and O–H groups in total. The van der Waals surface area contributed by atoms with Crippen molar-refractivity contribution in [2.75, 3.05) is 6.54 Å². The molecule has 1 aromatic carbocycles. The Labute approximate surface area is 151 Å². The van der Waals surface area contributed by atoms with Crippen LogP contribution in [0, 0.1) is 13.8 Å². The molecule has 6 nitrogen and oxygen atoms in total. The Kier molecular flexibility index (Phi) is 5.08. The highest BCUT2D eigenvalue weighted by Crippen LogP contribution is 2.20. The second-order valence-corrected chi connectivity index (χ2v) is 6.83. The quantitative estimate of drug-likeness (QED) is 0.887. The van der Waals surface area contributed by atoms with Gasteiger partial charge in [0, 0.05) is 30.2 Å². The Morgan fingerprint density at radius 2 is 2.12 bits per heavy atom. The van der Waals surface area contributed by atoms with Gasteiger partial charge in [-0.15, -0.1) is 0 Å². The minimum absolute atomic E-state index is 0.0244. The second-order valence-electron chi connectivity index (χ2n) is 6.42. The largest absolute Gasteiger partial charge is 0.349 e. The number of hydrogen-bond acceptors (Lipinski definition) is 3. The molecule has 2 heterocycles. The summed E-state index contributed by atoms with van der Waals surface area (Å²) < 4.78 is 1.67.